The van der Waals surface area contributed by atoms with Crippen molar-refractivity contribution in [3.63, 3.8) is 0 Å². The summed E-state index contributed by atoms with van der Waals surface area (Å²) in [5.74, 6) is -0.106. The molecule has 2 heterocycles. The predicted molar refractivity (Wildman–Crippen MR) is 113 cm³/mol. The van der Waals surface area contributed by atoms with Crippen molar-refractivity contribution in [2.45, 2.75) is 19.4 Å². The summed E-state index contributed by atoms with van der Waals surface area (Å²) >= 11 is 0. The van der Waals surface area contributed by atoms with E-state index in [0.29, 0.717) is 25.2 Å². The Bertz CT molecular complexity index is 1060. The van der Waals surface area contributed by atoms with Crippen molar-refractivity contribution < 1.29 is 14.3 Å². The van der Waals surface area contributed by atoms with Crippen LogP contribution in [-0.2, 0) is 16.1 Å². The third kappa shape index (κ3) is 3.97. The number of aromatic nitrogens is 1. The lowest BCUT2D eigenvalue weighted by Crippen LogP contribution is -2.43. The van der Waals surface area contributed by atoms with Crippen LogP contribution in [0.15, 0.2) is 54.7 Å². The maximum atomic E-state index is 12.7. The first-order valence-electron chi connectivity index (χ1n) is 9.83. The Labute approximate surface area is 170 Å². The number of piperidine rings is 1. The second kappa shape index (κ2) is 7.99. The molecule has 1 fully saturated rings. The standard InChI is InChI=1S/C23H25N3O3/c1-25-11-4-7-20(23(25)28)22(27)24-18-9-8-17-10-12-26(21(17)14-18)15-16-5-3-6-19(13-16)29-2/h3,5-6,8-10,12-14,20H,4,7,11,15H2,1-2H3,(H,24,27). The first-order valence-corrected chi connectivity index (χ1v) is 9.83. The number of likely N-dealkylation sites (tertiary alicyclic amines) is 1. The number of amides is 2. The Kier molecular flexibility index (Phi) is 5.25. The molecule has 6 nitrogen and oxygen atoms in total. The van der Waals surface area contributed by atoms with Crippen LogP contribution in [0.5, 0.6) is 5.75 Å². The van der Waals surface area contributed by atoms with E-state index in [1.54, 1.807) is 19.1 Å². The number of hydrogen-bond donors (Lipinski definition) is 1. The lowest BCUT2D eigenvalue weighted by molar-refractivity contribution is -0.141. The molecule has 0 radical (unpaired) electrons. The molecule has 1 atom stereocenters. The van der Waals surface area contributed by atoms with Crippen LogP contribution in [0.3, 0.4) is 0 Å². The number of ether oxygens (including phenoxy) is 1. The van der Waals surface area contributed by atoms with Crippen LogP contribution in [0.25, 0.3) is 10.9 Å². The van der Waals surface area contributed by atoms with Gasteiger partial charge in [-0.3, -0.25) is 9.59 Å². The first-order chi connectivity index (χ1) is 14.0. The molecular weight excluding hydrogens is 366 g/mol. The highest BCUT2D eigenvalue weighted by Gasteiger charge is 2.32. The molecule has 1 unspecified atom stereocenters. The van der Waals surface area contributed by atoms with Crippen molar-refractivity contribution in [3.8, 4) is 5.75 Å². The van der Waals surface area contributed by atoms with Gasteiger partial charge in [-0.1, -0.05) is 18.2 Å². The molecule has 0 saturated carbocycles. The van der Waals surface area contributed by atoms with Crippen LogP contribution in [0.1, 0.15) is 18.4 Å². The van der Waals surface area contributed by atoms with Gasteiger partial charge in [-0.25, -0.2) is 0 Å². The SMILES string of the molecule is COc1cccc(Cn2ccc3ccc(NC(=O)C4CCCN(C)C4=O)cc32)c1. The fourth-order valence-electron chi connectivity index (χ4n) is 3.87. The maximum absolute atomic E-state index is 12.7. The quantitative estimate of drug-likeness (QED) is 0.677. The van der Waals surface area contributed by atoms with Gasteiger partial charge in [0, 0.05) is 32.0 Å². The number of rotatable bonds is 5. The molecule has 0 aliphatic carbocycles. The van der Waals surface area contributed by atoms with Crippen LogP contribution < -0.4 is 10.1 Å². The number of methoxy groups -OCH3 is 1. The lowest BCUT2D eigenvalue weighted by Gasteiger charge is -2.28. The number of hydrogen-bond acceptors (Lipinski definition) is 3. The normalized spacial score (nSPS) is 16.8. The fourth-order valence-corrected chi connectivity index (χ4v) is 3.87. The van der Waals surface area contributed by atoms with E-state index in [1.165, 1.54) is 0 Å². The molecule has 150 valence electrons. The van der Waals surface area contributed by atoms with Crippen molar-refractivity contribution in [2.24, 2.45) is 5.92 Å². The summed E-state index contributed by atoms with van der Waals surface area (Å²) in [7, 11) is 3.41. The highest BCUT2D eigenvalue weighted by atomic mass is 16.5. The van der Waals surface area contributed by atoms with Crippen molar-refractivity contribution in [1.82, 2.24) is 9.47 Å². The Balaban J connectivity index is 1.55. The molecule has 6 heteroatoms. The highest BCUT2D eigenvalue weighted by molar-refractivity contribution is 6.07. The molecule has 2 aromatic carbocycles. The van der Waals surface area contributed by atoms with E-state index in [9.17, 15) is 9.59 Å². The van der Waals surface area contributed by atoms with Gasteiger partial charge < -0.3 is 19.5 Å². The number of carbonyl (C=O) groups excluding carboxylic acids is 2. The third-order valence-electron chi connectivity index (χ3n) is 5.51. The van der Waals surface area contributed by atoms with Gasteiger partial charge in [-0.05, 0) is 54.1 Å². The molecule has 1 N–H and O–H groups in total. The van der Waals surface area contributed by atoms with E-state index < -0.39 is 5.92 Å². The van der Waals surface area contributed by atoms with Crippen LogP contribution in [-0.4, -0.2) is 42.0 Å². The number of carbonyl (C=O) groups is 2. The maximum Gasteiger partial charge on any atom is 0.236 e. The summed E-state index contributed by atoms with van der Waals surface area (Å²) in [4.78, 5) is 26.6. The Hall–Kier alpha value is -3.28. The number of nitrogens with zero attached hydrogens (tertiary/aromatic N) is 2. The van der Waals surface area contributed by atoms with Gasteiger partial charge >= 0.3 is 0 Å². The Morgan fingerprint density at radius 3 is 2.90 bits per heavy atom. The smallest absolute Gasteiger partial charge is 0.236 e. The minimum absolute atomic E-state index is 0.101. The van der Waals surface area contributed by atoms with Crippen LogP contribution >= 0.6 is 0 Å². The Morgan fingerprint density at radius 2 is 2.07 bits per heavy atom. The second-order valence-corrected chi connectivity index (χ2v) is 7.51. The summed E-state index contributed by atoms with van der Waals surface area (Å²) in [6.07, 6.45) is 3.49. The minimum atomic E-state index is -0.604. The van der Waals surface area contributed by atoms with Gasteiger partial charge in [-0.2, -0.15) is 0 Å². The van der Waals surface area contributed by atoms with E-state index in [0.717, 1.165) is 28.6 Å². The fraction of sp³-hybridized carbons (Fsp3) is 0.304. The van der Waals surface area contributed by atoms with Crippen molar-refractivity contribution >= 4 is 28.4 Å². The zero-order chi connectivity index (χ0) is 20.4. The van der Waals surface area contributed by atoms with E-state index in [-0.39, 0.29) is 11.8 Å². The second-order valence-electron chi connectivity index (χ2n) is 7.51. The molecule has 4 rings (SSSR count). The molecule has 29 heavy (non-hydrogen) atoms. The summed E-state index contributed by atoms with van der Waals surface area (Å²) < 4.78 is 7.45. The van der Waals surface area contributed by atoms with E-state index in [4.69, 9.17) is 4.74 Å². The van der Waals surface area contributed by atoms with Gasteiger partial charge in [0.2, 0.25) is 11.8 Å². The van der Waals surface area contributed by atoms with E-state index >= 15 is 0 Å². The molecule has 1 aliphatic heterocycles. The number of nitrogens with one attached hydrogen (secondary N) is 1. The monoisotopic (exact) mass is 391 g/mol. The number of fused-ring (bicyclic) bond motifs is 1. The molecule has 1 saturated heterocycles. The molecule has 2 amide bonds. The van der Waals surface area contributed by atoms with Crippen molar-refractivity contribution in [3.05, 3.63) is 60.3 Å². The van der Waals surface area contributed by atoms with Gasteiger partial charge in [0.15, 0.2) is 0 Å². The summed E-state index contributed by atoms with van der Waals surface area (Å²) in [5.41, 5.74) is 2.86. The third-order valence-corrected chi connectivity index (χ3v) is 5.51. The van der Waals surface area contributed by atoms with Gasteiger partial charge in [0.25, 0.3) is 0 Å². The zero-order valence-electron chi connectivity index (χ0n) is 16.7. The topological polar surface area (TPSA) is 63.6 Å². The van der Waals surface area contributed by atoms with Crippen LogP contribution in [0.4, 0.5) is 5.69 Å². The largest absolute Gasteiger partial charge is 0.497 e. The van der Waals surface area contributed by atoms with Gasteiger partial charge in [0.1, 0.15) is 11.7 Å². The van der Waals surface area contributed by atoms with Gasteiger partial charge in [0.05, 0.1) is 12.6 Å². The number of benzene rings is 2. The highest BCUT2D eigenvalue weighted by Crippen LogP contribution is 2.24. The summed E-state index contributed by atoms with van der Waals surface area (Å²) in [5, 5.41) is 4.03. The molecule has 0 bridgehead atoms. The zero-order valence-corrected chi connectivity index (χ0v) is 16.7. The van der Waals surface area contributed by atoms with E-state index in [2.05, 4.69) is 22.0 Å². The molecule has 1 aromatic heterocycles. The van der Waals surface area contributed by atoms with Gasteiger partial charge in [-0.15, -0.1) is 0 Å². The Morgan fingerprint density at radius 1 is 1.21 bits per heavy atom. The first kappa shape index (κ1) is 19.1. The predicted octanol–water partition coefficient (Wildman–Crippen LogP) is 3.51. The van der Waals surface area contributed by atoms with Crippen molar-refractivity contribution in [2.75, 3.05) is 26.0 Å². The molecule has 1 aliphatic rings. The van der Waals surface area contributed by atoms with Crippen molar-refractivity contribution in [1.29, 1.82) is 0 Å². The van der Waals surface area contributed by atoms with Crippen LogP contribution in [0.2, 0.25) is 0 Å². The lowest BCUT2D eigenvalue weighted by atomic mass is 9.96. The molecular formula is C23H25N3O3. The van der Waals surface area contributed by atoms with Crippen LogP contribution in [0, 0.1) is 5.92 Å². The van der Waals surface area contributed by atoms with E-state index in [1.807, 2.05) is 42.6 Å². The minimum Gasteiger partial charge on any atom is -0.497 e. The number of anilines is 1. The molecule has 3 aromatic rings. The summed E-state index contributed by atoms with van der Waals surface area (Å²) in [6, 6.07) is 15.9. The average molecular weight is 391 g/mol. The molecule has 0 spiro atoms. The summed E-state index contributed by atoms with van der Waals surface area (Å²) in [6.45, 7) is 1.41. The average Bonchev–Trinajstić information content (AvgIpc) is 3.12.